The van der Waals surface area contributed by atoms with Crippen LogP contribution in [0.3, 0.4) is 0 Å². The second kappa shape index (κ2) is 8.84. The Morgan fingerprint density at radius 3 is 2.43 bits per heavy atom. The molecule has 2 N–H and O–H groups in total. The minimum Gasteiger partial charge on any atom is -0.363 e. The summed E-state index contributed by atoms with van der Waals surface area (Å²) in [7, 11) is 3.89. The average molecular weight is 396 g/mol. The Kier molecular flexibility index (Phi) is 6.26. The minimum absolute atomic E-state index is 0.0237. The third kappa shape index (κ3) is 5.29. The molecule has 0 bridgehead atoms. The van der Waals surface area contributed by atoms with Crippen molar-refractivity contribution in [3.05, 3.63) is 58.0 Å². The van der Waals surface area contributed by atoms with E-state index < -0.39 is 0 Å². The number of benzene rings is 1. The number of thiophene rings is 1. The van der Waals surface area contributed by atoms with Crippen LogP contribution in [-0.4, -0.2) is 30.0 Å². The van der Waals surface area contributed by atoms with Crippen LogP contribution in [0.25, 0.3) is 0 Å². The molecule has 2 heterocycles. The number of hydrogen-bond acceptors (Lipinski definition) is 6. The maximum atomic E-state index is 12.2. The summed E-state index contributed by atoms with van der Waals surface area (Å²) in [5, 5.41) is 8.30. The lowest BCUT2D eigenvalue weighted by molar-refractivity contribution is -0.116. The SMILES string of the molecule is Cc1nc(Nc2ccc(NC(=O)CCc3sccc3C)cc2)cc(N(C)C)n1. The lowest BCUT2D eigenvalue weighted by Crippen LogP contribution is -2.12. The minimum atomic E-state index is 0.0237. The van der Waals surface area contributed by atoms with Crippen LogP contribution in [0.2, 0.25) is 0 Å². The van der Waals surface area contributed by atoms with Crippen molar-refractivity contribution in [2.75, 3.05) is 29.6 Å². The number of aromatic nitrogens is 2. The van der Waals surface area contributed by atoms with Gasteiger partial charge in [0, 0.05) is 42.8 Å². The summed E-state index contributed by atoms with van der Waals surface area (Å²) in [6.07, 6.45) is 1.26. The van der Waals surface area contributed by atoms with E-state index in [2.05, 4.69) is 39.0 Å². The van der Waals surface area contributed by atoms with Gasteiger partial charge in [-0.3, -0.25) is 4.79 Å². The molecule has 3 aromatic rings. The molecule has 0 aliphatic heterocycles. The highest BCUT2D eigenvalue weighted by Gasteiger charge is 2.07. The van der Waals surface area contributed by atoms with E-state index in [0.717, 1.165) is 29.4 Å². The molecule has 6 nitrogen and oxygen atoms in total. The van der Waals surface area contributed by atoms with Gasteiger partial charge in [-0.1, -0.05) is 0 Å². The predicted molar refractivity (Wildman–Crippen MR) is 117 cm³/mol. The number of anilines is 4. The van der Waals surface area contributed by atoms with Crippen LogP contribution in [-0.2, 0) is 11.2 Å². The van der Waals surface area contributed by atoms with E-state index in [1.807, 2.05) is 56.3 Å². The van der Waals surface area contributed by atoms with Crippen LogP contribution in [0, 0.1) is 13.8 Å². The van der Waals surface area contributed by atoms with Crippen molar-refractivity contribution >= 4 is 40.3 Å². The zero-order valence-electron chi connectivity index (χ0n) is 16.6. The van der Waals surface area contributed by atoms with E-state index in [0.29, 0.717) is 12.2 Å². The molecule has 0 radical (unpaired) electrons. The van der Waals surface area contributed by atoms with Crippen LogP contribution < -0.4 is 15.5 Å². The Morgan fingerprint density at radius 1 is 1.07 bits per heavy atom. The fourth-order valence-electron chi connectivity index (χ4n) is 2.74. The van der Waals surface area contributed by atoms with Gasteiger partial charge in [0.25, 0.3) is 0 Å². The van der Waals surface area contributed by atoms with Gasteiger partial charge in [0.15, 0.2) is 0 Å². The first-order valence-corrected chi connectivity index (χ1v) is 10.0. The highest BCUT2D eigenvalue weighted by molar-refractivity contribution is 7.10. The third-order valence-corrected chi connectivity index (χ3v) is 5.35. The lowest BCUT2D eigenvalue weighted by Gasteiger charge is -2.14. The first-order chi connectivity index (χ1) is 13.4. The van der Waals surface area contributed by atoms with Gasteiger partial charge in [-0.15, -0.1) is 11.3 Å². The summed E-state index contributed by atoms with van der Waals surface area (Å²) in [5.74, 6) is 2.31. The molecule has 1 amide bonds. The van der Waals surface area contributed by atoms with E-state index >= 15 is 0 Å². The Hall–Kier alpha value is -2.93. The number of nitrogens with zero attached hydrogens (tertiary/aromatic N) is 3. The predicted octanol–water partition coefficient (Wildman–Crippen LogP) is 4.54. The third-order valence-electron chi connectivity index (χ3n) is 4.27. The summed E-state index contributed by atoms with van der Waals surface area (Å²) >= 11 is 1.70. The molecule has 0 unspecified atom stereocenters. The van der Waals surface area contributed by atoms with Gasteiger partial charge < -0.3 is 15.5 Å². The number of hydrogen-bond donors (Lipinski definition) is 2. The molecule has 0 fully saturated rings. The number of carbonyl (C=O) groups is 1. The van der Waals surface area contributed by atoms with E-state index in [4.69, 9.17) is 0 Å². The monoisotopic (exact) mass is 395 g/mol. The Morgan fingerprint density at radius 2 is 1.79 bits per heavy atom. The average Bonchev–Trinajstić information content (AvgIpc) is 3.06. The van der Waals surface area contributed by atoms with Crippen molar-refractivity contribution in [2.45, 2.75) is 26.7 Å². The molecule has 146 valence electrons. The molecule has 0 saturated heterocycles. The maximum absolute atomic E-state index is 12.2. The smallest absolute Gasteiger partial charge is 0.224 e. The summed E-state index contributed by atoms with van der Waals surface area (Å²) in [6.45, 7) is 3.95. The Labute approximate surface area is 169 Å². The molecule has 7 heteroatoms. The Balaban J connectivity index is 1.57. The molecule has 28 heavy (non-hydrogen) atoms. The zero-order valence-corrected chi connectivity index (χ0v) is 17.4. The van der Waals surface area contributed by atoms with Crippen molar-refractivity contribution in [3.8, 4) is 0 Å². The molecular formula is C21H25N5OS. The number of carbonyl (C=O) groups excluding carboxylic acids is 1. The number of aryl methyl sites for hydroxylation is 3. The normalized spacial score (nSPS) is 10.6. The lowest BCUT2D eigenvalue weighted by atomic mass is 10.2. The van der Waals surface area contributed by atoms with Gasteiger partial charge in [0.2, 0.25) is 5.91 Å². The van der Waals surface area contributed by atoms with Gasteiger partial charge in [0.1, 0.15) is 17.5 Å². The second-order valence-corrected chi connectivity index (χ2v) is 7.83. The topological polar surface area (TPSA) is 70.2 Å². The molecule has 3 rings (SSSR count). The molecule has 1 aromatic carbocycles. The maximum Gasteiger partial charge on any atom is 0.224 e. The van der Waals surface area contributed by atoms with Crippen LogP contribution in [0.1, 0.15) is 22.7 Å². The van der Waals surface area contributed by atoms with Crippen molar-refractivity contribution < 1.29 is 4.79 Å². The fourth-order valence-corrected chi connectivity index (χ4v) is 3.65. The second-order valence-electron chi connectivity index (χ2n) is 6.83. The van der Waals surface area contributed by atoms with Crippen LogP contribution in [0.5, 0.6) is 0 Å². The first-order valence-electron chi connectivity index (χ1n) is 9.13. The number of amides is 1. The van der Waals surface area contributed by atoms with Crippen molar-refractivity contribution in [1.82, 2.24) is 9.97 Å². The highest BCUT2D eigenvalue weighted by atomic mass is 32.1. The quantitative estimate of drug-likeness (QED) is 0.615. The van der Waals surface area contributed by atoms with E-state index in [9.17, 15) is 4.79 Å². The molecule has 0 aliphatic carbocycles. The van der Waals surface area contributed by atoms with Gasteiger partial charge >= 0.3 is 0 Å². The molecule has 0 atom stereocenters. The summed E-state index contributed by atoms with van der Waals surface area (Å²) in [6, 6.07) is 11.6. The zero-order chi connectivity index (χ0) is 20.1. The van der Waals surface area contributed by atoms with Gasteiger partial charge in [-0.2, -0.15) is 0 Å². The summed E-state index contributed by atoms with van der Waals surface area (Å²) in [4.78, 5) is 24.2. The summed E-state index contributed by atoms with van der Waals surface area (Å²) in [5.41, 5.74) is 2.94. The fraction of sp³-hybridized carbons (Fsp3) is 0.286. The largest absolute Gasteiger partial charge is 0.363 e. The van der Waals surface area contributed by atoms with E-state index in [1.54, 1.807) is 11.3 Å². The molecular weight excluding hydrogens is 370 g/mol. The van der Waals surface area contributed by atoms with E-state index in [-0.39, 0.29) is 5.91 Å². The van der Waals surface area contributed by atoms with Crippen molar-refractivity contribution in [1.29, 1.82) is 0 Å². The summed E-state index contributed by atoms with van der Waals surface area (Å²) < 4.78 is 0. The number of rotatable bonds is 7. The molecule has 0 aliphatic rings. The van der Waals surface area contributed by atoms with E-state index in [1.165, 1.54) is 10.4 Å². The first kappa shape index (κ1) is 19.8. The van der Waals surface area contributed by atoms with Crippen LogP contribution >= 0.6 is 11.3 Å². The van der Waals surface area contributed by atoms with Crippen molar-refractivity contribution in [2.24, 2.45) is 0 Å². The van der Waals surface area contributed by atoms with Crippen LogP contribution in [0.15, 0.2) is 41.8 Å². The van der Waals surface area contributed by atoms with Gasteiger partial charge in [-0.25, -0.2) is 9.97 Å². The number of nitrogens with one attached hydrogen (secondary N) is 2. The van der Waals surface area contributed by atoms with Crippen molar-refractivity contribution in [3.63, 3.8) is 0 Å². The van der Waals surface area contributed by atoms with Gasteiger partial charge in [-0.05, 0) is 61.5 Å². The molecule has 0 spiro atoms. The van der Waals surface area contributed by atoms with Gasteiger partial charge in [0.05, 0.1) is 0 Å². The molecule has 0 saturated carbocycles. The van der Waals surface area contributed by atoms with Crippen LogP contribution in [0.4, 0.5) is 23.0 Å². The Bertz CT molecular complexity index is 950. The standard InChI is InChI=1S/C21H25N5OS/c1-14-11-12-28-18(14)9-10-21(27)25-17-7-5-16(6-8-17)24-19-13-20(26(3)4)23-15(2)22-19/h5-8,11-13H,9-10H2,1-4H3,(H,25,27)(H,22,23,24). The highest BCUT2D eigenvalue weighted by Crippen LogP contribution is 2.21. The molecule has 2 aromatic heterocycles.